The monoisotopic (exact) mass is 326 g/mol. The minimum Gasteiger partial charge on any atom is -0.459 e. The summed E-state index contributed by atoms with van der Waals surface area (Å²) in [6.45, 7) is 2.95. The topological polar surface area (TPSA) is 45.9 Å². The number of likely N-dealkylation sites (tertiary alicyclic amines) is 1. The highest BCUT2D eigenvalue weighted by Gasteiger charge is 2.52. The van der Waals surface area contributed by atoms with E-state index in [-0.39, 0.29) is 11.5 Å². The van der Waals surface area contributed by atoms with E-state index in [0.29, 0.717) is 24.9 Å². The largest absolute Gasteiger partial charge is 0.459 e. The fourth-order valence-electron chi connectivity index (χ4n) is 3.67. The van der Waals surface area contributed by atoms with Gasteiger partial charge in [-0.05, 0) is 31.2 Å². The van der Waals surface area contributed by atoms with Crippen molar-refractivity contribution in [2.45, 2.75) is 24.6 Å². The molecule has 0 aliphatic carbocycles. The lowest BCUT2D eigenvalue weighted by Gasteiger charge is -2.46. The molecule has 1 unspecified atom stereocenters. The molecular formula is C19H22N2O3. The first kappa shape index (κ1) is 15.4. The lowest BCUT2D eigenvalue weighted by Crippen LogP contribution is -2.63. The van der Waals surface area contributed by atoms with Crippen molar-refractivity contribution in [2.75, 3.05) is 26.7 Å². The third kappa shape index (κ3) is 2.85. The predicted octanol–water partition coefficient (Wildman–Crippen LogP) is 2.40. The van der Waals surface area contributed by atoms with E-state index in [4.69, 9.17) is 9.15 Å². The van der Waals surface area contributed by atoms with Crippen LogP contribution in [0.2, 0.25) is 0 Å². The fourth-order valence-corrected chi connectivity index (χ4v) is 3.67. The van der Waals surface area contributed by atoms with Crippen LogP contribution in [0.3, 0.4) is 0 Å². The highest BCUT2D eigenvalue weighted by Crippen LogP contribution is 2.37. The Balaban J connectivity index is 1.32. The number of furan rings is 1. The molecule has 1 aromatic heterocycles. The molecular weight excluding hydrogens is 304 g/mol. The number of likely N-dealkylation sites (N-methyl/N-ethyl adjacent to an activating group) is 1. The van der Waals surface area contributed by atoms with Crippen LogP contribution in [-0.2, 0) is 11.3 Å². The Kier molecular flexibility index (Phi) is 3.90. The zero-order valence-corrected chi connectivity index (χ0v) is 13.9. The number of amides is 1. The first-order valence-electron chi connectivity index (χ1n) is 8.36. The summed E-state index contributed by atoms with van der Waals surface area (Å²) < 4.78 is 11.3. The molecule has 3 heterocycles. The van der Waals surface area contributed by atoms with Gasteiger partial charge in [0.1, 0.15) is 5.60 Å². The van der Waals surface area contributed by atoms with Crippen molar-refractivity contribution in [3.63, 3.8) is 0 Å². The van der Waals surface area contributed by atoms with Crippen molar-refractivity contribution in [3.8, 4) is 0 Å². The van der Waals surface area contributed by atoms with Gasteiger partial charge in [0, 0.05) is 12.6 Å². The summed E-state index contributed by atoms with van der Waals surface area (Å²) in [5.41, 5.74) is 1.14. The Morgan fingerprint density at radius 3 is 2.75 bits per heavy atom. The van der Waals surface area contributed by atoms with Crippen molar-refractivity contribution in [3.05, 3.63) is 60.1 Å². The molecule has 0 N–H and O–H groups in total. The molecule has 0 radical (unpaired) electrons. The zero-order chi connectivity index (χ0) is 16.6. The maximum atomic E-state index is 12.3. The number of carbonyl (C=O) groups excluding carboxylic acids is 1. The SMILES string of the molecule is CN(Cc1ccccc1)C1COC2(C1)CN(C(=O)c1ccco1)C2. The first-order valence-corrected chi connectivity index (χ1v) is 8.36. The molecule has 1 spiro atoms. The Labute approximate surface area is 141 Å². The number of nitrogens with zero attached hydrogens (tertiary/aromatic N) is 2. The van der Waals surface area contributed by atoms with Gasteiger partial charge < -0.3 is 14.1 Å². The van der Waals surface area contributed by atoms with Crippen molar-refractivity contribution in [1.29, 1.82) is 0 Å². The molecule has 24 heavy (non-hydrogen) atoms. The van der Waals surface area contributed by atoms with Crippen LogP contribution in [0.4, 0.5) is 0 Å². The smallest absolute Gasteiger partial charge is 0.289 e. The number of rotatable bonds is 4. The van der Waals surface area contributed by atoms with Gasteiger partial charge in [-0.1, -0.05) is 30.3 Å². The summed E-state index contributed by atoms with van der Waals surface area (Å²) in [6.07, 6.45) is 2.50. The lowest BCUT2D eigenvalue weighted by molar-refractivity contribution is -0.0957. The molecule has 4 rings (SSSR count). The molecule has 2 aliphatic rings. The number of carbonyl (C=O) groups is 1. The molecule has 5 heteroatoms. The van der Waals surface area contributed by atoms with Gasteiger partial charge in [-0.2, -0.15) is 0 Å². The van der Waals surface area contributed by atoms with Gasteiger partial charge in [0.05, 0.1) is 26.0 Å². The van der Waals surface area contributed by atoms with Crippen LogP contribution in [0.5, 0.6) is 0 Å². The van der Waals surface area contributed by atoms with Gasteiger partial charge in [0.2, 0.25) is 0 Å². The van der Waals surface area contributed by atoms with Gasteiger partial charge in [-0.3, -0.25) is 9.69 Å². The highest BCUT2D eigenvalue weighted by atomic mass is 16.5. The van der Waals surface area contributed by atoms with E-state index in [1.165, 1.54) is 11.8 Å². The standard InChI is InChI=1S/C19H22N2O3/c1-20(11-15-6-3-2-4-7-15)16-10-19(24-12-16)13-21(14-19)18(22)17-8-5-9-23-17/h2-9,16H,10-14H2,1H3. The van der Waals surface area contributed by atoms with E-state index in [1.54, 1.807) is 17.0 Å². The summed E-state index contributed by atoms with van der Waals surface area (Å²) in [4.78, 5) is 16.4. The van der Waals surface area contributed by atoms with Gasteiger partial charge >= 0.3 is 0 Å². The minimum atomic E-state index is -0.169. The van der Waals surface area contributed by atoms with Crippen molar-refractivity contribution in [2.24, 2.45) is 0 Å². The Hall–Kier alpha value is -2.11. The highest BCUT2D eigenvalue weighted by molar-refractivity contribution is 5.92. The van der Waals surface area contributed by atoms with E-state index >= 15 is 0 Å². The molecule has 0 bridgehead atoms. The summed E-state index contributed by atoms with van der Waals surface area (Å²) in [7, 11) is 2.14. The zero-order valence-electron chi connectivity index (χ0n) is 13.9. The molecule has 2 aliphatic heterocycles. The summed E-state index contributed by atoms with van der Waals surface area (Å²) in [5.74, 6) is 0.357. The van der Waals surface area contributed by atoms with Crippen LogP contribution in [-0.4, -0.2) is 54.1 Å². The van der Waals surface area contributed by atoms with Crippen LogP contribution in [0.15, 0.2) is 53.1 Å². The van der Waals surface area contributed by atoms with E-state index in [9.17, 15) is 4.79 Å². The molecule has 1 atom stereocenters. The van der Waals surface area contributed by atoms with E-state index in [0.717, 1.165) is 19.6 Å². The number of hydrogen-bond acceptors (Lipinski definition) is 4. The van der Waals surface area contributed by atoms with E-state index < -0.39 is 0 Å². The van der Waals surface area contributed by atoms with E-state index in [1.807, 2.05) is 6.07 Å². The quantitative estimate of drug-likeness (QED) is 0.865. The molecule has 2 saturated heterocycles. The van der Waals surface area contributed by atoms with Crippen molar-refractivity contribution < 1.29 is 13.9 Å². The summed E-state index contributed by atoms with van der Waals surface area (Å²) in [6, 6.07) is 14.3. The van der Waals surface area contributed by atoms with Gasteiger partial charge in [0.25, 0.3) is 5.91 Å². The Morgan fingerprint density at radius 2 is 2.04 bits per heavy atom. The Bertz CT molecular complexity index is 693. The average Bonchev–Trinajstić information content (AvgIpc) is 3.24. The van der Waals surface area contributed by atoms with Crippen LogP contribution in [0.25, 0.3) is 0 Å². The van der Waals surface area contributed by atoms with Crippen LogP contribution >= 0.6 is 0 Å². The number of benzene rings is 1. The number of hydrogen-bond donors (Lipinski definition) is 0. The lowest BCUT2D eigenvalue weighted by atomic mass is 9.88. The molecule has 2 aromatic rings. The normalized spacial score (nSPS) is 22.1. The molecule has 1 aromatic carbocycles. The van der Waals surface area contributed by atoms with Gasteiger partial charge in [-0.15, -0.1) is 0 Å². The molecule has 2 fully saturated rings. The van der Waals surface area contributed by atoms with Crippen LogP contribution < -0.4 is 0 Å². The first-order chi connectivity index (χ1) is 11.7. The third-order valence-electron chi connectivity index (χ3n) is 5.06. The van der Waals surface area contributed by atoms with Crippen LogP contribution in [0.1, 0.15) is 22.5 Å². The van der Waals surface area contributed by atoms with Crippen LogP contribution in [0, 0.1) is 0 Å². The second kappa shape index (κ2) is 6.07. The maximum Gasteiger partial charge on any atom is 0.289 e. The van der Waals surface area contributed by atoms with Gasteiger partial charge in [-0.25, -0.2) is 0 Å². The summed E-state index contributed by atoms with van der Waals surface area (Å²) in [5, 5.41) is 0. The van der Waals surface area contributed by atoms with Crippen molar-refractivity contribution >= 4 is 5.91 Å². The second-order valence-corrected chi connectivity index (χ2v) is 6.89. The molecule has 1 amide bonds. The molecule has 126 valence electrons. The minimum absolute atomic E-state index is 0.0460. The van der Waals surface area contributed by atoms with Crippen molar-refractivity contribution in [1.82, 2.24) is 9.80 Å². The predicted molar refractivity (Wildman–Crippen MR) is 89.6 cm³/mol. The molecule has 5 nitrogen and oxygen atoms in total. The second-order valence-electron chi connectivity index (χ2n) is 6.89. The average molecular weight is 326 g/mol. The number of ether oxygens (including phenoxy) is 1. The summed E-state index contributed by atoms with van der Waals surface area (Å²) >= 11 is 0. The Morgan fingerprint density at radius 1 is 1.25 bits per heavy atom. The maximum absolute atomic E-state index is 12.3. The fraction of sp³-hybridized carbons (Fsp3) is 0.421. The third-order valence-corrected chi connectivity index (χ3v) is 5.06. The van der Waals surface area contributed by atoms with Gasteiger partial charge in [0.15, 0.2) is 5.76 Å². The van der Waals surface area contributed by atoms with E-state index in [2.05, 4.69) is 36.2 Å². The molecule has 0 saturated carbocycles.